The van der Waals surface area contributed by atoms with Crippen molar-refractivity contribution in [3.8, 4) is 0 Å². The Hall–Kier alpha value is -1.96. The van der Waals surface area contributed by atoms with Gasteiger partial charge in [-0.15, -0.1) is 0 Å². The van der Waals surface area contributed by atoms with Crippen LogP contribution in [0.25, 0.3) is 0 Å². The van der Waals surface area contributed by atoms with Gasteiger partial charge in [0.1, 0.15) is 0 Å². The summed E-state index contributed by atoms with van der Waals surface area (Å²) in [5.41, 5.74) is 1.07. The maximum atomic E-state index is 12.9. The average molecular weight is 383 g/mol. The van der Waals surface area contributed by atoms with E-state index in [4.69, 9.17) is 11.6 Å². The Labute approximate surface area is 152 Å². The van der Waals surface area contributed by atoms with Gasteiger partial charge in [0.05, 0.1) is 9.82 Å². The predicted molar refractivity (Wildman–Crippen MR) is 97.2 cm³/mol. The summed E-state index contributed by atoms with van der Waals surface area (Å²) >= 11 is 5.83. The number of rotatable bonds is 7. The molecule has 25 heavy (non-hydrogen) atoms. The molecule has 0 saturated heterocycles. The zero-order chi connectivity index (χ0) is 18.6. The molecule has 0 bridgehead atoms. The number of hydrogen-bond donors (Lipinski definition) is 0. The van der Waals surface area contributed by atoms with Crippen molar-refractivity contribution in [3.63, 3.8) is 0 Å². The number of sulfonamides is 1. The highest BCUT2D eigenvalue weighted by Gasteiger charge is 2.25. The van der Waals surface area contributed by atoms with Gasteiger partial charge in [0.25, 0.3) is 5.69 Å². The molecule has 0 atom stereocenters. The third kappa shape index (κ3) is 4.36. The SMILES string of the molecule is CCCN(Cc1cccc([N+](=O)[O-])c1C)S(=O)(=O)c1ccc(Cl)cc1. The Morgan fingerprint density at radius 1 is 1.16 bits per heavy atom. The van der Waals surface area contributed by atoms with Crippen molar-refractivity contribution in [2.45, 2.75) is 31.7 Å². The van der Waals surface area contributed by atoms with E-state index in [-0.39, 0.29) is 17.1 Å². The Kier molecular flexibility index (Phi) is 6.16. The van der Waals surface area contributed by atoms with E-state index in [1.165, 1.54) is 34.6 Å². The van der Waals surface area contributed by atoms with Crippen molar-refractivity contribution in [2.24, 2.45) is 0 Å². The van der Waals surface area contributed by atoms with Crippen LogP contribution in [-0.4, -0.2) is 24.2 Å². The van der Waals surface area contributed by atoms with E-state index < -0.39 is 14.9 Å². The van der Waals surface area contributed by atoms with E-state index in [9.17, 15) is 18.5 Å². The first-order valence-electron chi connectivity index (χ1n) is 7.76. The van der Waals surface area contributed by atoms with Crippen molar-refractivity contribution in [3.05, 3.63) is 68.7 Å². The van der Waals surface area contributed by atoms with Gasteiger partial charge in [0, 0.05) is 29.7 Å². The normalized spacial score (nSPS) is 11.7. The summed E-state index contributed by atoms with van der Waals surface area (Å²) in [5, 5.41) is 11.6. The van der Waals surface area contributed by atoms with Crippen molar-refractivity contribution in [1.82, 2.24) is 4.31 Å². The monoisotopic (exact) mass is 382 g/mol. The van der Waals surface area contributed by atoms with Crippen molar-refractivity contribution in [1.29, 1.82) is 0 Å². The Morgan fingerprint density at radius 3 is 2.36 bits per heavy atom. The molecule has 0 aliphatic rings. The van der Waals surface area contributed by atoms with Crippen LogP contribution in [0.2, 0.25) is 5.02 Å². The number of halogens is 1. The van der Waals surface area contributed by atoms with E-state index in [2.05, 4.69) is 0 Å². The summed E-state index contributed by atoms with van der Waals surface area (Å²) in [4.78, 5) is 10.8. The standard InChI is InChI=1S/C17H19ClN2O4S/c1-3-11-19(25(23,24)16-9-7-15(18)8-10-16)12-14-5-4-6-17(13(14)2)20(21)22/h4-10H,3,11-12H2,1-2H3. The Morgan fingerprint density at radius 2 is 1.80 bits per heavy atom. The molecule has 0 aliphatic heterocycles. The van der Waals surface area contributed by atoms with Crippen molar-refractivity contribution < 1.29 is 13.3 Å². The first-order chi connectivity index (χ1) is 11.8. The molecule has 8 heteroatoms. The number of nitrogens with zero attached hydrogens (tertiary/aromatic N) is 2. The molecule has 6 nitrogen and oxygen atoms in total. The van der Waals surface area contributed by atoms with Gasteiger partial charge in [-0.05, 0) is 43.2 Å². The summed E-state index contributed by atoms with van der Waals surface area (Å²) in [7, 11) is -3.72. The van der Waals surface area contributed by atoms with Crippen LogP contribution in [0.3, 0.4) is 0 Å². The fourth-order valence-corrected chi connectivity index (χ4v) is 4.15. The maximum absolute atomic E-state index is 12.9. The highest BCUT2D eigenvalue weighted by atomic mass is 35.5. The lowest BCUT2D eigenvalue weighted by Crippen LogP contribution is -2.31. The molecular weight excluding hydrogens is 364 g/mol. The van der Waals surface area contributed by atoms with E-state index in [1.54, 1.807) is 19.1 Å². The molecule has 134 valence electrons. The molecule has 0 fully saturated rings. The van der Waals surface area contributed by atoms with Crippen molar-refractivity contribution in [2.75, 3.05) is 6.54 Å². The van der Waals surface area contributed by atoms with Gasteiger partial charge in [-0.25, -0.2) is 8.42 Å². The van der Waals surface area contributed by atoms with Gasteiger partial charge in [0.15, 0.2) is 0 Å². The lowest BCUT2D eigenvalue weighted by Gasteiger charge is -2.22. The molecule has 0 saturated carbocycles. The van der Waals surface area contributed by atoms with E-state index in [0.717, 1.165) is 0 Å². The van der Waals surface area contributed by atoms with Crippen LogP contribution in [0, 0.1) is 17.0 Å². The van der Waals surface area contributed by atoms with Crippen LogP contribution < -0.4 is 0 Å². The average Bonchev–Trinajstić information content (AvgIpc) is 2.56. The van der Waals surface area contributed by atoms with Crippen LogP contribution >= 0.6 is 11.6 Å². The van der Waals surface area contributed by atoms with Crippen LogP contribution in [0.4, 0.5) is 5.69 Å². The maximum Gasteiger partial charge on any atom is 0.272 e. The molecule has 0 heterocycles. The second kappa shape index (κ2) is 7.95. The zero-order valence-corrected chi connectivity index (χ0v) is 15.5. The molecule has 0 amide bonds. The summed E-state index contributed by atoms with van der Waals surface area (Å²) in [5.74, 6) is 0. The molecule has 0 spiro atoms. The fourth-order valence-electron chi connectivity index (χ4n) is 2.52. The summed E-state index contributed by atoms with van der Waals surface area (Å²) < 4.78 is 27.2. The summed E-state index contributed by atoms with van der Waals surface area (Å²) in [6, 6.07) is 10.7. The van der Waals surface area contributed by atoms with Crippen LogP contribution in [0.5, 0.6) is 0 Å². The molecule has 0 aromatic heterocycles. The highest BCUT2D eigenvalue weighted by molar-refractivity contribution is 7.89. The molecule has 0 unspecified atom stereocenters. The Bertz CT molecular complexity index is 867. The smallest absolute Gasteiger partial charge is 0.258 e. The number of benzene rings is 2. The van der Waals surface area contributed by atoms with Crippen LogP contribution in [0.1, 0.15) is 24.5 Å². The lowest BCUT2D eigenvalue weighted by molar-refractivity contribution is -0.385. The fraction of sp³-hybridized carbons (Fsp3) is 0.294. The van der Waals surface area contributed by atoms with Gasteiger partial charge in [-0.1, -0.05) is 30.7 Å². The number of nitro groups is 1. The van der Waals surface area contributed by atoms with Gasteiger partial charge >= 0.3 is 0 Å². The lowest BCUT2D eigenvalue weighted by atomic mass is 10.1. The van der Waals surface area contributed by atoms with Gasteiger partial charge in [0.2, 0.25) is 10.0 Å². The number of nitro benzene ring substituents is 1. The van der Waals surface area contributed by atoms with Gasteiger partial charge < -0.3 is 0 Å². The third-order valence-electron chi connectivity index (χ3n) is 3.89. The van der Waals surface area contributed by atoms with Crippen molar-refractivity contribution >= 4 is 27.3 Å². The molecular formula is C17H19ClN2O4S. The third-order valence-corrected chi connectivity index (χ3v) is 6.00. The predicted octanol–water partition coefficient (Wildman–Crippen LogP) is 4.16. The van der Waals surface area contributed by atoms with E-state index in [0.29, 0.717) is 29.1 Å². The first-order valence-corrected chi connectivity index (χ1v) is 9.57. The van der Waals surface area contributed by atoms with E-state index in [1.807, 2.05) is 6.92 Å². The molecule has 0 radical (unpaired) electrons. The zero-order valence-electron chi connectivity index (χ0n) is 14.0. The highest BCUT2D eigenvalue weighted by Crippen LogP contribution is 2.25. The first kappa shape index (κ1) is 19.4. The molecule has 2 aromatic carbocycles. The second-order valence-electron chi connectivity index (χ2n) is 5.61. The van der Waals surface area contributed by atoms with Gasteiger partial charge in [-0.3, -0.25) is 10.1 Å². The molecule has 2 aromatic rings. The minimum absolute atomic E-state index is 0.0159. The Balaban J connectivity index is 2.40. The second-order valence-corrected chi connectivity index (χ2v) is 7.99. The molecule has 0 N–H and O–H groups in total. The van der Waals surface area contributed by atoms with Gasteiger partial charge in [-0.2, -0.15) is 4.31 Å². The van der Waals surface area contributed by atoms with Crippen LogP contribution in [-0.2, 0) is 16.6 Å². The van der Waals surface area contributed by atoms with Crippen LogP contribution in [0.15, 0.2) is 47.4 Å². The topological polar surface area (TPSA) is 80.5 Å². The number of hydrogen-bond acceptors (Lipinski definition) is 4. The largest absolute Gasteiger partial charge is 0.272 e. The molecule has 0 aliphatic carbocycles. The van der Waals surface area contributed by atoms with E-state index >= 15 is 0 Å². The minimum atomic E-state index is -3.72. The molecule has 2 rings (SSSR count). The summed E-state index contributed by atoms with van der Waals surface area (Å²) in [6.45, 7) is 3.90. The summed E-state index contributed by atoms with van der Waals surface area (Å²) in [6.07, 6.45) is 0.626. The quantitative estimate of drug-likeness (QED) is 0.532. The minimum Gasteiger partial charge on any atom is -0.258 e.